The Labute approximate surface area is 139 Å². The summed E-state index contributed by atoms with van der Waals surface area (Å²) in [7, 11) is 0. The standard InChI is InChI=1S/C15H20BrClN4/c1-4-19-13(11-6-12(16)9-18-8-11)7-14-15(17)10(3)20-21(14)5-2/h6,8-9,13,19H,4-5,7H2,1-3H3. The summed E-state index contributed by atoms with van der Waals surface area (Å²) in [5.74, 6) is 0. The summed E-state index contributed by atoms with van der Waals surface area (Å²) < 4.78 is 2.96. The van der Waals surface area contributed by atoms with Crippen molar-refractivity contribution in [3.63, 3.8) is 0 Å². The zero-order valence-electron chi connectivity index (χ0n) is 12.5. The van der Waals surface area contributed by atoms with Crippen molar-refractivity contribution < 1.29 is 0 Å². The molecule has 0 bridgehead atoms. The second kappa shape index (κ2) is 7.38. The van der Waals surface area contributed by atoms with Gasteiger partial charge in [-0.1, -0.05) is 18.5 Å². The Hall–Kier alpha value is -0.910. The minimum absolute atomic E-state index is 0.166. The van der Waals surface area contributed by atoms with Crippen molar-refractivity contribution in [1.29, 1.82) is 0 Å². The molecule has 0 saturated carbocycles. The van der Waals surface area contributed by atoms with Crippen molar-refractivity contribution in [2.45, 2.75) is 39.8 Å². The predicted molar refractivity (Wildman–Crippen MR) is 89.7 cm³/mol. The van der Waals surface area contributed by atoms with Gasteiger partial charge in [-0.2, -0.15) is 5.10 Å². The van der Waals surface area contributed by atoms with Gasteiger partial charge in [0.05, 0.1) is 16.4 Å². The number of aryl methyl sites for hydroxylation is 2. The van der Waals surface area contributed by atoms with Crippen LogP contribution in [-0.4, -0.2) is 21.3 Å². The fraction of sp³-hybridized carbons (Fsp3) is 0.467. The fourth-order valence-corrected chi connectivity index (χ4v) is 3.03. The summed E-state index contributed by atoms with van der Waals surface area (Å²) in [4.78, 5) is 4.26. The Morgan fingerprint density at radius 1 is 1.38 bits per heavy atom. The molecule has 2 rings (SSSR count). The molecule has 0 aliphatic heterocycles. The molecule has 1 unspecified atom stereocenters. The van der Waals surface area contributed by atoms with Crippen LogP contribution in [0.4, 0.5) is 0 Å². The number of nitrogens with zero attached hydrogens (tertiary/aromatic N) is 3. The number of likely N-dealkylation sites (N-methyl/N-ethyl adjacent to an activating group) is 1. The molecule has 4 nitrogen and oxygen atoms in total. The molecular weight excluding hydrogens is 352 g/mol. The number of halogens is 2. The van der Waals surface area contributed by atoms with Crippen LogP contribution in [0.1, 0.15) is 36.8 Å². The van der Waals surface area contributed by atoms with Gasteiger partial charge in [-0.25, -0.2) is 0 Å². The number of hydrogen-bond donors (Lipinski definition) is 1. The minimum Gasteiger partial charge on any atom is -0.310 e. The van der Waals surface area contributed by atoms with Gasteiger partial charge in [0, 0.05) is 35.9 Å². The Kier molecular flexibility index (Phi) is 5.79. The van der Waals surface area contributed by atoms with Crippen LogP contribution in [0.15, 0.2) is 22.9 Å². The average Bonchev–Trinajstić information content (AvgIpc) is 2.74. The van der Waals surface area contributed by atoms with Gasteiger partial charge < -0.3 is 5.32 Å². The first-order chi connectivity index (χ1) is 10.1. The molecule has 0 radical (unpaired) electrons. The van der Waals surface area contributed by atoms with E-state index in [-0.39, 0.29) is 6.04 Å². The lowest BCUT2D eigenvalue weighted by Gasteiger charge is -2.19. The molecular formula is C15H20BrClN4. The number of nitrogens with one attached hydrogen (secondary N) is 1. The van der Waals surface area contributed by atoms with Crippen LogP contribution < -0.4 is 5.32 Å². The maximum atomic E-state index is 6.42. The maximum Gasteiger partial charge on any atom is 0.0847 e. The molecule has 0 aliphatic rings. The van der Waals surface area contributed by atoms with Crippen molar-refractivity contribution in [2.24, 2.45) is 0 Å². The molecule has 0 fully saturated rings. The molecule has 0 aliphatic carbocycles. The molecule has 114 valence electrons. The lowest BCUT2D eigenvalue weighted by Crippen LogP contribution is -2.24. The number of aromatic nitrogens is 3. The number of hydrogen-bond acceptors (Lipinski definition) is 3. The van der Waals surface area contributed by atoms with Gasteiger partial charge in [0.2, 0.25) is 0 Å². The highest BCUT2D eigenvalue weighted by atomic mass is 79.9. The second-order valence-corrected chi connectivity index (χ2v) is 6.21. The van der Waals surface area contributed by atoms with Crippen molar-refractivity contribution in [3.05, 3.63) is 44.9 Å². The van der Waals surface area contributed by atoms with Crippen LogP contribution >= 0.6 is 27.5 Å². The average molecular weight is 372 g/mol. The van der Waals surface area contributed by atoms with E-state index >= 15 is 0 Å². The molecule has 2 heterocycles. The van der Waals surface area contributed by atoms with Crippen LogP contribution in [0.5, 0.6) is 0 Å². The van der Waals surface area contributed by atoms with Crippen LogP contribution in [0, 0.1) is 6.92 Å². The van der Waals surface area contributed by atoms with Crippen LogP contribution in [0.2, 0.25) is 5.02 Å². The summed E-state index contributed by atoms with van der Waals surface area (Å²) in [6.45, 7) is 7.82. The highest BCUT2D eigenvalue weighted by Crippen LogP contribution is 2.27. The monoisotopic (exact) mass is 370 g/mol. The zero-order valence-corrected chi connectivity index (χ0v) is 14.9. The van der Waals surface area contributed by atoms with E-state index in [4.69, 9.17) is 11.6 Å². The van der Waals surface area contributed by atoms with Crippen LogP contribution in [-0.2, 0) is 13.0 Å². The van der Waals surface area contributed by atoms with E-state index in [1.807, 2.05) is 17.8 Å². The summed E-state index contributed by atoms with van der Waals surface area (Å²) in [6, 6.07) is 2.26. The molecule has 1 atom stereocenters. The predicted octanol–water partition coefficient (Wildman–Crippen LogP) is 3.92. The first-order valence-corrected chi connectivity index (χ1v) is 8.29. The SMILES string of the molecule is CCNC(Cc1c(Cl)c(C)nn1CC)c1cncc(Br)c1. The van der Waals surface area contributed by atoms with Gasteiger partial charge in [-0.05, 0) is 48.0 Å². The highest BCUT2D eigenvalue weighted by Gasteiger charge is 2.19. The Balaban J connectivity index is 2.32. The van der Waals surface area contributed by atoms with E-state index in [0.29, 0.717) is 0 Å². The van der Waals surface area contributed by atoms with Gasteiger partial charge in [0.1, 0.15) is 0 Å². The van der Waals surface area contributed by atoms with Gasteiger partial charge in [0.15, 0.2) is 0 Å². The normalized spacial score (nSPS) is 12.6. The highest BCUT2D eigenvalue weighted by molar-refractivity contribution is 9.10. The third kappa shape index (κ3) is 3.84. The van der Waals surface area contributed by atoms with Crippen LogP contribution in [0.25, 0.3) is 0 Å². The Morgan fingerprint density at radius 3 is 2.76 bits per heavy atom. The molecule has 0 aromatic carbocycles. The first-order valence-electron chi connectivity index (χ1n) is 7.12. The smallest absolute Gasteiger partial charge is 0.0847 e. The van der Waals surface area contributed by atoms with Crippen molar-refractivity contribution >= 4 is 27.5 Å². The lowest BCUT2D eigenvalue weighted by molar-refractivity contribution is 0.515. The Bertz CT molecular complexity index is 612. The molecule has 6 heteroatoms. The molecule has 0 saturated heterocycles. The van der Waals surface area contributed by atoms with E-state index in [1.165, 1.54) is 0 Å². The van der Waals surface area contributed by atoms with Crippen molar-refractivity contribution in [1.82, 2.24) is 20.1 Å². The second-order valence-electron chi connectivity index (χ2n) is 4.91. The number of rotatable bonds is 6. The summed E-state index contributed by atoms with van der Waals surface area (Å²) in [6.07, 6.45) is 4.48. The molecule has 1 N–H and O–H groups in total. The van der Waals surface area contributed by atoms with E-state index in [0.717, 1.165) is 46.0 Å². The third-order valence-electron chi connectivity index (χ3n) is 3.43. The largest absolute Gasteiger partial charge is 0.310 e. The van der Waals surface area contributed by atoms with Gasteiger partial charge in [0.25, 0.3) is 0 Å². The summed E-state index contributed by atoms with van der Waals surface area (Å²) in [5, 5.41) is 8.75. The van der Waals surface area contributed by atoms with E-state index < -0.39 is 0 Å². The summed E-state index contributed by atoms with van der Waals surface area (Å²) in [5.41, 5.74) is 3.10. The quantitative estimate of drug-likeness (QED) is 0.837. The van der Waals surface area contributed by atoms with Gasteiger partial charge >= 0.3 is 0 Å². The molecule has 0 spiro atoms. The van der Waals surface area contributed by atoms with Crippen molar-refractivity contribution in [2.75, 3.05) is 6.54 Å². The molecule has 21 heavy (non-hydrogen) atoms. The maximum absolute atomic E-state index is 6.42. The van der Waals surface area contributed by atoms with Crippen molar-refractivity contribution in [3.8, 4) is 0 Å². The lowest BCUT2D eigenvalue weighted by atomic mass is 10.0. The van der Waals surface area contributed by atoms with Gasteiger partial charge in [-0.15, -0.1) is 0 Å². The first kappa shape index (κ1) is 16.5. The topological polar surface area (TPSA) is 42.7 Å². The van der Waals surface area contributed by atoms with E-state index in [1.54, 1.807) is 6.20 Å². The van der Waals surface area contributed by atoms with Gasteiger partial charge in [-0.3, -0.25) is 9.67 Å². The minimum atomic E-state index is 0.166. The van der Waals surface area contributed by atoms with Crippen LogP contribution in [0.3, 0.4) is 0 Å². The van der Waals surface area contributed by atoms with E-state index in [9.17, 15) is 0 Å². The fourth-order valence-electron chi connectivity index (χ4n) is 2.43. The molecule has 2 aromatic rings. The van der Waals surface area contributed by atoms with E-state index in [2.05, 4.69) is 51.2 Å². The third-order valence-corrected chi connectivity index (χ3v) is 4.35. The molecule has 2 aromatic heterocycles. The Morgan fingerprint density at radius 2 is 2.14 bits per heavy atom. The summed E-state index contributed by atoms with van der Waals surface area (Å²) >= 11 is 9.90. The zero-order chi connectivity index (χ0) is 15.4. The molecule has 0 amide bonds. The number of pyridine rings is 1.